The van der Waals surface area contributed by atoms with E-state index in [2.05, 4.69) is 0 Å². The molecule has 4 rings (SSSR count). The van der Waals surface area contributed by atoms with Gasteiger partial charge in [-0.3, -0.25) is 14.5 Å². The van der Waals surface area contributed by atoms with E-state index < -0.39 is 35.1 Å². The minimum atomic E-state index is -1.24. The van der Waals surface area contributed by atoms with Crippen molar-refractivity contribution in [2.24, 2.45) is 0 Å². The Morgan fingerprint density at radius 3 is 2.57 bits per heavy atom. The number of hydrogen-bond acceptors (Lipinski definition) is 5. The number of ether oxygens (including phenoxy) is 1. The molecule has 0 aliphatic carbocycles. The zero-order valence-corrected chi connectivity index (χ0v) is 15.6. The monoisotopic (exact) mass is 411 g/mol. The quantitative estimate of drug-likeness (QED) is 0.396. The van der Waals surface area contributed by atoms with Gasteiger partial charge < -0.3 is 14.3 Å². The Morgan fingerprint density at radius 1 is 1.10 bits per heavy atom. The van der Waals surface area contributed by atoms with Crippen LogP contribution in [0.15, 0.2) is 70.9 Å². The molecule has 6 nitrogen and oxygen atoms in total. The number of aliphatic hydroxyl groups excluding tert-OH is 1. The first kappa shape index (κ1) is 19.4. The number of carbonyl (C=O) groups is 2. The molecule has 1 saturated heterocycles. The molecule has 152 valence electrons. The number of Topliss-reactive ketones (excluding diaryl/α,β-unsaturated/α-hetero) is 1. The van der Waals surface area contributed by atoms with Gasteiger partial charge in [0.25, 0.3) is 11.7 Å². The summed E-state index contributed by atoms with van der Waals surface area (Å²) < 4.78 is 38.4. The van der Waals surface area contributed by atoms with E-state index in [0.29, 0.717) is 11.8 Å². The van der Waals surface area contributed by atoms with E-state index in [9.17, 15) is 23.5 Å². The lowest BCUT2D eigenvalue weighted by molar-refractivity contribution is -0.132. The number of anilines is 1. The lowest BCUT2D eigenvalue weighted by Gasteiger charge is -2.23. The van der Waals surface area contributed by atoms with Crippen LogP contribution in [0, 0.1) is 11.6 Å². The van der Waals surface area contributed by atoms with Crippen molar-refractivity contribution in [2.45, 2.75) is 6.04 Å². The Bertz CT molecular complexity index is 1170. The third-order valence-electron chi connectivity index (χ3n) is 4.77. The predicted octanol–water partition coefficient (Wildman–Crippen LogP) is 4.19. The first-order valence-corrected chi connectivity index (χ1v) is 8.86. The molecule has 1 aliphatic heterocycles. The fourth-order valence-corrected chi connectivity index (χ4v) is 3.40. The Labute approximate surface area is 169 Å². The van der Waals surface area contributed by atoms with Crippen LogP contribution >= 0.6 is 0 Å². The van der Waals surface area contributed by atoms with Crippen LogP contribution in [-0.2, 0) is 9.59 Å². The fraction of sp³-hybridized carbons (Fsp3) is 0.0909. The number of benzene rings is 2. The van der Waals surface area contributed by atoms with Crippen LogP contribution in [0.3, 0.4) is 0 Å². The van der Waals surface area contributed by atoms with Crippen molar-refractivity contribution in [1.82, 2.24) is 0 Å². The molecule has 1 N–H and O–H groups in total. The maximum absolute atomic E-state index is 14.5. The molecular formula is C22H15F2NO5. The smallest absolute Gasteiger partial charge is 0.300 e. The van der Waals surface area contributed by atoms with Crippen LogP contribution in [0.5, 0.6) is 5.75 Å². The molecule has 1 atom stereocenters. The average Bonchev–Trinajstić information content (AvgIpc) is 3.35. The van der Waals surface area contributed by atoms with Gasteiger partial charge in [0.05, 0.1) is 24.6 Å². The third kappa shape index (κ3) is 3.12. The molecule has 1 unspecified atom stereocenters. The standard InChI is InChI=1S/C22H15F2NO5/c1-29-14-5-2-4-12(10-14)20(26)18-19(17-6-3-9-30-17)25(22(28)21(18)27)16-8-7-13(23)11-15(16)24/h2-11,19,26H,1H3/b20-18-. The summed E-state index contributed by atoms with van der Waals surface area (Å²) in [6.07, 6.45) is 1.32. The number of halogens is 2. The van der Waals surface area contributed by atoms with Crippen molar-refractivity contribution in [2.75, 3.05) is 12.0 Å². The summed E-state index contributed by atoms with van der Waals surface area (Å²) in [7, 11) is 1.44. The summed E-state index contributed by atoms with van der Waals surface area (Å²) in [6.45, 7) is 0. The van der Waals surface area contributed by atoms with Gasteiger partial charge in [0.1, 0.15) is 34.9 Å². The van der Waals surface area contributed by atoms with Gasteiger partial charge in [0.2, 0.25) is 0 Å². The summed E-state index contributed by atoms with van der Waals surface area (Å²) in [6, 6.07) is 10.7. The number of rotatable bonds is 4. The number of ketones is 1. The van der Waals surface area contributed by atoms with E-state index in [1.165, 1.54) is 37.6 Å². The summed E-state index contributed by atoms with van der Waals surface area (Å²) >= 11 is 0. The SMILES string of the molecule is COc1cccc(/C(O)=C2/C(=O)C(=O)N(c3ccc(F)cc3F)C2c2ccco2)c1. The largest absolute Gasteiger partial charge is 0.507 e. The minimum absolute atomic E-state index is 0.127. The van der Waals surface area contributed by atoms with Gasteiger partial charge in [0.15, 0.2) is 0 Å². The molecule has 2 heterocycles. The van der Waals surface area contributed by atoms with Gasteiger partial charge in [-0.1, -0.05) is 12.1 Å². The molecule has 1 aliphatic rings. The molecule has 2 aromatic carbocycles. The average molecular weight is 411 g/mol. The molecule has 0 radical (unpaired) electrons. The maximum Gasteiger partial charge on any atom is 0.300 e. The van der Waals surface area contributed by atoms with Gasteiger partial charge in [0, 0.05) is 11.6 Å². The lowest BCUT2D eigenvalue weighted by atomic mass is 9.99. The second-order valence-electron chi connectivity index (χ2n) is 6.51. The number of carbonyl (C=O) groups excluding carboxylic acids is 2. The van der Waals surface area contributed by atoms with Crippen molar-refractivity contribution in [3.63, 3.8) is 0 Å². The molecule has 0 bridgehead atoms. The van der Waals surface area contributed by atoms with Crippen LogP contribution in [0.1, 0.15) is 17.4 Å². The highest BCUT2D eigenvalue weighted by Gasteiger charge is 2.49. The van der Waals surface area contributed by atoms with Crippen molar-refractivity contribution >= 4 is 23.1 Å². The van der Waals surface area contributed by atoms with Gasteiger partial charge in [-0.25, -0.2) is 8.78 Å². The summed E-state index contributed by atoms with van der Waals surface area (Å²) in [4.78, 5) is 26.5. The number of aliphatic hydroxyl groups is 1. The van der Waals surface area contributed by atoms with Gasteiger partial charge in [-0.2, -0.15) is 0 Å². The zero-order valence-electron chi connectivity index (χ0n) is 15.6. The Hall–Kier alpha value is -3.94. The van der Waals surface area contributed by atoms with Gasteiger partial charge >= 0.3 is 0 Å². The lowest BCUT2D eigenvalue weighted by Crippen LogP contribution is -2.30. The third-order valence-corrected chi connectivity index (χ3v) is 4.77. The van der Waals surface area contributed by atoms with E-state index >= 15 is 0 Å². The van der Waals surface area contributed by atoms with Crippen molar-refractivity contribution in [3.05, 3.63) is 89.4 Å². The molecule has 1 fully saturated rings. The highest BCUT2D eigenvalue weighted by atomic mass is 19.1. The highest BCUT2D eigenvalue weighted by Crippen LogP contribution is 2.43. The van der Waals surface area contributed by atoms with Crippen molar-refractivity contribution < 1.29 is 32.6 Å². The molecule has 8 heteroatoms. The first-order chi connectivity index (χ1) is 14.4. The number of hydrogen-bond donors (Lipinski definition) is 1. The van der Waals surface area contributed by atoms with Crippen LogP contribution in [-0.4, -0.2) is 23.9 Å². The van der Waals surface area contributed by atoms with E-state index in [1.54, 1.807) is 12.1 Å². The molecular weight excluding hydrogens is 396 g/mol. The van der Waals surface area contributed by atoms with Gasteiger partial charge in [-0.05, 0) is 36.4 Å². The number of methoxy groups -OCH3 is 1. The van der Waals surface area contributed by atoms with Crippen LogP contribution in [0.25, 0.3) is 5.76 Å². The summed E-state index contributed by atoms with van der Waals surface area (Å²) in [5, 5.41) is 10.9. The van der Waals surface area contributed by atoms with Crippen LogP contribution in [0.2, 0.25) is 0 Å². The molecule has 0 saturated carbocycles. The summed E-state index contributed by atoms with van der Waals surface area (Å²) in [5.74, 6) is -3.89. The Balaban J connectivity index is 1.94. The highest BCUT2D eigenvalue weighted by molar-refractivity contribution is 6.51. The topological polar surface area (TPSA) is 80.0 Å². The van der Waals surface area contributed by atoms with E-state index in [4.69, 9.17) is 9.15 Å². The van der Waals surface area contributed by atoms with E-state index in [1.807, 2.05) is 0 Å². The summed E-state index contributed by atoms with van der Waals surface area (Å²) in [5.41, 5.74) is -0.375. The fourth-order valence-electron chi connectivity index (χ4n) is 3.40. The number of furan rings is 1. The molecule has 30 heavy (non-hydrogen) atoms. The second-order valence-corrected chi connectivity index (χ2v) is 6.51. The zero-order chi connectivity index (χ0) is 21.4. The molecule has 3 aromatic rings. The normalized spacial score (nSPS) is 18.1. The molecule has 1 amide bonds. The maximum atomic E-state index is 14.5. The molecule has 0 spiro atoms. The van der Waals surface area contributed by atoms with Crippen LogP contribution < -0.4 is 9.64 Å². The number of nitrogens with zero attached hydrogens (tertiary/aromatic N) is 1. The van der Waals surface area contributed by atoms with Gasteiger partial charge in [-0.15, -0.1) is 0 Å². The Kier molecular flexibility index (Phi) is 4.83. The first-order valence-electron chi connectivity index (χ1n) is 8.86. The van der Waals surface area contributed by atoms with E-state index in [-0.39, 0.29) is 22.6 Å². The Morgan fingerprint density at radius 2 is 1.90 bits per heavy atom. The van der Waals surface area contributed by atoms with E-state index in [0.717, 1.165) is 17.0 Å². The van der Waals surface area contributed by atoms with Crippen LogP contribution in [0.4, 0.5) is 14.5 Å². The number of amides is 1. The second kappa shape index (κ2) is 7.47. The predicted molar refractivity (Wildman–Crippen MR) is 103 cm³/mol. The van der Waals surface area contributed by atoms with Crippen molar-refractivity contribution in [1.29, 1.82) is 0 Å². The minimum Gasteiger partial charge on any atom is -0.507 e. The molecule has 1 aromatic heterocycles. The van der Waals surface area contributed by atoms with Crippen molar-refractivity contribution in [3.8, 4) is 5.75 Å².